The van der Waals surface area contributed by atoms with E-state index in [0.717, 1.165) is 16.9 Å². The molecule has 0 bridgehead atoms. The normalized spacial score (nSPS) is 17.1. The number of hydrogen-bond acceptors (Lipinski definition) is 4. The van der Waals surface area contributed by atoms with Gasteiger partial charge in [-0.3, -0.25) is 4.79 Å². The molecule has 0 saturated heterocycles. The van der Waals surface area contributed by atoms with Crippen molar-refractivity contribution in [3.63, 3.8) is 0 Å². The minimum atomic E-state index is -0.203. The number of anilines is 1. The number of pyridine rings is 1. The van der Waals surface area contributed by atoms with Crippen molar-refractivity contribution in [1.29, 1.82) is 0 Å². The van der Waals surface area contributed by atoms with E-state index in [2.05, 4.69) is 4.98 Å². The molecule has 2 aromatic rings. The number of hydrogen-bond donors (Lipinski definition) is 1. The van der Waals surface area contributed by atoms with Crippen LogP contribution in [0.3, 0.4) is 0 Å². The highest BCUT2D eigenvalue weighted by Gasteiger charge is 2.29. The third kappa shape index (κ3) is 2.13. The molecule has 0 fully saturated rings. The van der Waals surface area contributed by atoms with Crippen molar-refractivity contribution in [2.75, 3.05) is 12.3 Å². The van der Waals surface area contributed by atoms with E-state index in [0.29, 0.717) is 24.4 Å². The van der Waals surface area contributed by atoms with Crippen LogP contribution in [-0.4, -0.2) is 17.4 Å². The highest BCUT2D eigenvalue weighted by Crippen LogP contribution is 2.36. The van der Waals surface area contributed by atoms with Gasteiger partial charge in [0.15, 0.2) is 5.78 Å². The SMILES string of the molecule is Cc1cnc(N)c(C(=O)C2CCOc3ccccc32)c1. The summed E-state index contributed by atoms with van der Waals surface area (Å²) in [5, 5.41) is 0. The molecule has 0 aliphatic carbocycles. The standard InChI is InChI=1S/C16H16N2O2/c1-10-8-13(16(17)18-9-10)15(19)12-6-7-20-14-5-3-2-4-11(12)14/h2-5,8-9,12H,6-7H2,1H3,(H2,17,18). The van der Waals surface area contributed by atoms with Crippen LogP contribution in [0.5, 0.6) is 5.75 Å². The highest BCUT2D eigenvalue weighted by atomic mass is 16.5. The van der Waals surface area contributed by atoms with E-state index in [-0.39, 0.29) is 11.7 Å². The van der Waals surface area contributed by atoms with E-state index in [4.69, 9.17) is 10.5 Å². The Bertz CT molecular complexity index is 667. The maximum atomic E-state index is 12.8. The van der Waals surface area contributed by atoms with Gasteiger partial charge in [-0.1, -0.05) is 18.2 Å². The Balaban J connectivity index is 2.02. The topological polar surface area (TPSA) is 65.2 Å². The third-order valence-electron chi connectivity index (χ3n) is 3.60. The number of nitrogens with two attached hydrogens (primary N) is 1. The summed E-state index contributed by atoms with van der Waals surface area (Å²) in [6, 6.07) is 9.48. The molecule has 1 unspecified atom stereocenters. The van der Waals surface area contributed by atoms with Crippen molar-refractivity contribution in [1.82, 2.24) is 4.98 Å². The van der Waals surface area contributed by atoms with E-state index >= 15 is 0 Å². The lowest BCUT2D eigenvalue weighted by Crippen LogP contribution is -2.22. The molecule has 0 saturated carbocycles. The summed E-state index contributed by atoms with van der Waals surface area (Å²) < 4.78 is 5.59. The predicted octanol–water partition coefficient (Wildman–Crippen LogP) is 2.72. The van der Waals surface area contributed by atoms with Crippen LogP contribution in [0.25, 0.3) is 0 Å². The maximum absolute atomic E-state index is 12.8. The number of Topliss-reactive ketones (excluding diaryl/α,β-unsaturated/α-hetero) is 1. The van der Waals surface area contributed by atoms with Crippen molar-refractivity contribution < 1.29 is 9.53 Å². The number of rotatable bonds is 2. The number of carbonyl (C=O) groups is 1. The van der Waals surface area contributed by atoms with Gasteiger partial charge in [0.2, 0.25) is 0 Å². The molecule has 0 radical (unpaired) electrons. The highest BCUT2D eigenvalue weighted by molar-refractivity contribution is 6.04. The average molecular weight is 268 g/mol. The van der Waals surface area contributed by atoms with Crippen molar-refractivity contribution in [2.24, 2.45) is 0 Å². The van der Waals surface area contributed by atoms with Gasteiger partial charge in [-0.25, -0.2) is 4.98 Å². The molecule has 1 aromatic heterocycles. The minimum absolute atomic E-state index is 0.0226. The summed E-state index contributed by atoms with van der Waals surface area (Å²) in [7, 11) is 0. The van der Waals surface area contributed by atoms with Gasteiger partial charge in [0.05, 0.1) is 18.1 Å². The smallest absolute Gasteiger partial charge is 0.174 e. The van der Waals surface area contributed by atoms with E-state index in [9.17, 15) is 4.79 Å². The van der Waals surface area contributed by atoms with Crippen LogP contribution in [0, 0.1) is 6.92 Å². The number of fused-ring (bicyclic) bond motifs is 1. The lowest BCUT2D eigenvalue weighted by molar-refractivity contribution is 0.0933. The van der Waals surface area contributed by atoms with Gasteiger partial charge in [-0.05, 0) is 31.0 Å². The number of ketones is 1. The zero-order valence-corrected chi connectivity index (χ0v) is 11.3. The van der Waals surface area contributed by atoms with Gasteiger partial charge >= 0.3 is 0 Å². The Kier molecular flexibility index (Phi) is 3.14. The average Bonchev–Trinajstić information content (AvgIpc) is 2.48. The fourth-order valence-corrected chi connectivity index (χ4v) is 2.58. The molecule has 1 aliphatic rings. The number of nitrogen functional groups attached to an aromatic ring is 1. The Morgan fingerprint density at radius 3 is 3.05 bits per heavy atom. The van der Waals surface area contributed by atoms with Crippen LogP contribution in [0.4, 0.5) is 5.82 Å². The van der Waals surface area contributed by atoms with Gasteiger partial charge < -0.3 is 10.5 Å². The quantitative estimate of drug-likeness (QED) is 0.850. The largest absolute Gasteiger partial charge is 0.493 e. The molecular weight excluding hydrogens is 252 g/mol. The summed E-state index contributed by atoms with van der Waals surface area (Å²) in [6.45, 7) is 2.45. The molecule has 1 aliphatic heterocycles. The molecule has 102 valence electrons. The molecule has 2 heterocycles. The molecule has 1 aromatic carbocycles. The fourth-order valence-electron chi connectivity index (χ4n) is 2.58. The van der Waals surface area contributed by atoms with Gasteiger partial charge in [0, 0.05) is 11.8 Å². The van der Waals surface area contributed by atoms with Gasteiger partial charge in [0.25, 0.3) is 0 Å². The summed E-state index contributed by atoms with van der Waals surface area (Å²) >= 11 is 0. The van der Waals surface area contributed by atoms with Gasteiger partial charge in [0.1, 0.15) is 11.6 Å². The lowest BCUT2D eigenvalue weighted by atomic mass is 9.86. The first-order valence-electron chi connectivity index (χ1n) is 6.65. The number of aromatic nitrogens is 1. The van der Waals surface area contributed by atoms with Crippen molar-refractivity contribution >= 4 is 11.6 Å². The fraction of sp³-hybridized carbons (Fsp3) is 0.250. The molecular formula is C16H16N2O2. The summed E-state index contributed by atoms with van der Waals surface area (Å²) in [6.07, 6.45) is 2.34. The van der Waals surface area contributed by atoms with Crippen LogP contribution in [-0.2, 0) is 0 Å². The second-order valence-electron chi connectivity index (χ2n) is 5.04. The number of aryl methyl sites for hydroxylation is 1. The van der Waals surface area contributed by atoms with Crippen LogP contribution in [0.1, 0.15) is 33.8 Å². The van der Waals surface area contributed by atoms with Crippen molar-refractivity contribution in [2.45, 2.75) is 19.3 Å². The van der Waals surface area contributed by atoms with E-state index in [1.807, 2.05) is 37.3 Å². The summed E-state index contributed by atoms with van der Waals surface area (Å²) in [5.41, 5.74) is 8.23. The Hall–Kier alpha value is -2.36. The van der Waals surface area contributed by atoms with Crippen LogP contribution < -0.4 is 10.5 Å². The van der Waals surface area contributed by atoms with Crippen molar-refractivity contribution in [3.05, 3.63) is 53.2 Å². The summed E-state index contributed by atoms with van der Waals surface area (Å²) in [4.78, 5) is 16.8. The second-order valence-corrected chi connectivity index (χ2v) is 5.04. The molecule has 3 rings (SSSR count). The molecule has 4 nitrogen and oxygen atoms in total. The van der Waals surface area contributed by atoms with Gasteiger partial charge in [-0.15, -0.1) is 0 Å². The van der Waals surface area contributed by atoms with E-state index < -0.39 is 0 Å². The molecule has 0 spiro atoms. The van der Waals surface area contributed by atoms with Gasteiger partial charge in [-0.2, -0.15) is 0 Å². The predicted molar refractivity (Wildman–Crippen MR) is 77.0 cm³/mol. The first-order chi connectivity index (χ1) is 9.66. The zero-order valence-electron chi connectivity index (χ0n) is 11.3. The van der Waals surface area contributed by atoms with Crippen LogP contribution in [0.2, 0.25) is 0 Å². The Labute approximate surface area is 117 Å². The number of benzene rings is 1. The second kappa shape index (κ2) is 4.96. The Morgan fingerprint density at radius 2 is 2.20 bits per heavy atom. The maximum Gasteiger partial charge on any atom is 0.174 e. The zero-order chi connectivity index (χ0) is 14.1. The molecule has 2 N–H and O–H groups in total. The monoisotopic (exact) mass is 268 g/mol. The van der Waals surface area contributed by atoms with E-state index in [1.165, 1.54) is 0 Å². The minimum Gasteiger partial charge on any atom is -0.493 e. The first kappa shape index (κ1) is 12.7. The van der Waals surface area contributed by atoms with Crippen LogP contribution >= 0.6 is 0 Å². The number of carbonyl (C=O) groups excluding carboxylic acids is 1. The van der Waals surface area contributed by atoms with E-state index in [1.54, 1.807) is 6.20 Å². The Morgan fingerprint density at radius 1 is 1.40 bits per heavy atom. The number of para-hydroxylation sites is 1. The molecule has 0 amide bonds. The van der Waals surface area contributed by atoms with Crippen molar-refractivity contribution in [3.8, 4) is 5.75 Å². The molecule has 20 heavy (non-hydrogen) atoms. The number of nitrogens with zero attached hydrogens (tertiary/aromatic N) is 1. The summed E-state index contributed by atoms with van der Waals surface area (Å²) in [5.74, 6) is 0.904. The molecule has 4 heteroatoms. The number of ether oxygens (including phenoxy) is 1. The molecule has 1 atom stereocenters. The first-order valence-corrected chi connectivity index (χ1v) is 6.65. The lowest BCUT2D eigenvalue weighted by Gasteiger charge is -2.25. The third-order valence-corrected chi connectivity index (χ3v) is 3.60. The van der Waals surface area contributed by atoms with Crippen LogP contribution in [0.15, 0.2) is 36.5 Å².